The highest BCUT2D eigenvalue weighted by atomic mass is 32.2. The minimum Gasteiger partial charge on any atom is -0.457 e. The molecule has 10 rings (SSSR count). The fourth-order valence-corrected chi connectivity index (χ4v) is 9.49. The molecule has 2 amide bonds. The Morgan fingerprint density at radius 2 is 0.531 bits per heavy atom. The standard InChI is InChI=1S/C15H16N2O.C15H14O.C14H14O2S.C14H14O.C14H14S/c1-11-3-7-13(8-4-11)16-15(18)17-14-9-5-12(2)6-10-14;1-11-3-7-13(8-4-11)15(16)14-9-5-12(2)6-10-14;1-11-3-7-13(8-4-11)17(15,16)14-9-5-12(2)6-10-14;2*1-11-3-7-13(8-4-11)15-14-9-5-12(2)6-10-14/h3-10H,1-2H3,(H2,16,17,18);3-10H,1-2H3;3-10H,1-2H3;2*3-10H,1-2H3. The van der Waals surface area contributed by atoms with Crippen LogP contribution in [0.3, 0.4) is 0 Å². The third kappa shape index (κ3) is 21.1. The van der Waals surface area contributed by atoms with Gasteiger partial charge in [-0.05, 0) is 166 Å². The lowest BCUT2D eigenvalue weighted by molar-refractivity contribution is 0.103. The number of nitrogens with one attached hydrogen (secondary N) is 2. The minimum atomic E-state index is -3.37. The molecule has 0 radical (unpaired) electrons. The van der Waals surface area contributed by atoms with E-state index in [1.54, 1.807) is 60.3 Å². The third-order valence-electron chi connectivity index (χ3n) is 12.5. The molecular weight excluding hydrogens is 1040 g/mol. The average Bonchev–Trinajstić information content (AvgIpc) is 3.47. The van der Waals surface area contributed by atoms with Crippen molar-refractivity contribution in [2.45, 2.75) is 88.8 Å². The van der Waals surface area contributed by atoms with E-state index < -0.39 is 9.84 Å². The summed E-state index contributed by atoms with van der Waals surface area (Å²) >= 11 is 1.80. The second-order valence-electron chi connectivity index (χ2n) is 20.0. The third-order valence-corrected chi connectivity index (χ3v) is 15.3. The zero-order valence-electron chi connectivity index (χ0n) is 48.0. The van der Waals surface area contributed by atoms with E-state index in [1.165, 1.54) is 54.3 Å². The normalized spacial score (nSPS) is 10.3. The molecule has 412 valence electrons. The van der Waals surface area contributed by atoms with Crippen LogP contribution in [0.4, 0.5) is 16.2 Å². The molecule has 0 saturated heterocycles. The number of rotatable bonds is 10. The number of hydrogen-bond donors (Lipinski definition) is 2. The van der Waals surface area contributed by atoms with E-state index in [2.05, 4.69) is 86.9 Å². The van der Waals surface area contributed by atoms with Gasteiger partial charge in [-0.25, -0.2) is 13.2 Å². The lowest BCUT2D eigenvalue weighted by atomic mass is 10.0. The van der Waals surface area contributed by atoms with Gasteiger partial charge in [-0.1, -0.05) is 213 Å². The molecule has 0 aromatic heterocycles. The summed E-state index contributed by atoms with van der Waals surface area (Å²) in [6.45, 7) is 20.3. The molecule has 10 aromatic carbocycles. The van der Waals surface area contributed by atoms with E-state index in [0.29, 0.717) is 9.79 Å². The number of benzene rings is 10. The van der Waals surface area contributed by atoms with Gasteiger partial charge in [-0.15, -0.1) is 0 Å². The summed E-state index contributed by atoms with van der Waals surface area (Å²) in [6.07, 6.45) is 0. The van der Waals surface area contributed by atoms with E-state index >= 15 is 0 Å². The van der Waals surface area contributed by atoms with Crippen molar-refractivity contribution in [3.8, 4) is 11.5 Å². The van der Waals surface area contributed by atoms with Gasteiger partial charge < -0.3 is 15.4 Å². The molecule has 10 aromatic rings. The number of ketones is 1. The van der Waals surface area contributed by atoms with Crippen molar-refractivity contribution in [1.29, 1.82) is 0 Å². The second-order valence-corrected chi connectivity index (χ2v) is 23.1. The van der Waals surface area contributed by atoms with Gasteiger partial charge in [-0.3, -0.25) is 4.79 Å². The number of hydrogen-bond acceptors (Lipinski definition) is 6. The number of anilines is 2. The highest BCUT2D eigenvalue weighted by Gasteiger charge is 2.17. The first-order chi connectivity index (χ1) is 38.8. The minimum absolute atomic E-state index is 0.0833. The Morgan fingerprint density at radius 3 is 0.802 bits per heavy atom. The largest absolute Gasteiger partial charge is 0.457 e. The molecule has 9 heteroatoms. The molecule has 0 spiro atoms. The Labute approximate surface area is 485 Å². The van der Waals surface area contributed by atoms with Crippen LogP contribution in [-0.4, -0.2) is 20.2 Å². The van der Waals surface area contributed by atoms with Gasteiger partial charge in [0.25, 0.3) is 0 Å². The van der Waals surface area contributed by atoms with Crippen LogP contribution in [0.25, 0.3) is 0 Å². The predicted octanol–water partition coefficient (Wildman–Crippen LogP) is 19.2. The van der Waals surface area contributed by atoms with Crippen molar-refractivity contribution in [2.24, 2.45) is 0 Å². The molecule has 81 heavy (non-hydrogen) atoms. The van der Waals surface area contributed by atoms with Crippen LogP contribution in [0.5, 0.6) is 11.5 Å². The SMILES string of the molecule is Cc1ccc(C(=O)c2ccc(C)cc2)cc1.Cc1ccc(NC(=O)Nc2ccc(C)cc2)cc1.Cc1ccc(Oc2ccc(C)cc2)cc1.Cc1ccc(S(=O)(=O)c2ccc(C)cc2)cc1.Cc1ccc(Sc2ccc(C)cc2)cc1. The molecule has 0 atom stereocenters. The van der Waals surface area contributed by atoms with Crippen LogP contribution in [-0.2, 0) is 9.84 Å². The van der Waals surface area contributed by atoms with Crippen molar-refractivity contribution in [3.05, 3.63) is 309 Å². The maximum Gasteiger partial charge on any atom is 0.323 e. The van der Waals surface area contributed by atoms with Gasteiger partial charge in [0, 0.05) is 32.3 Å². The van der Waals surface area contributed by atoms with Gasteiger partial charge in [0.1, 0.15) is 11.5 Å². The lowest BCUT2D eigenvalue weighted by Gasteiger charge is -2.08. The fourth-order valence-electron chi connectivity index (χ4n) is 7.41. The van der Waals surface area contributed by atoms with Crippen LogP contribution in [0.15, 0.2) is 262 Å². The van der Waals surface area contributed by atoms with Crippen LogP contribution < -0.4 is 15.4 Å². The fraction of sp³-hybridized carbons (Fsp3) is 0.139. The van der Waals surface area contributed by atoms with Crippen molar-refractivity contribution >= 4 is 44.8 Å². The smallest absolute Gasteiger partial charge is 0.323 e. The monoisotopic (exact) mass is 1110 g/mol. The molecule has 0 aliphatic heterocycles. The Hall–Kier alpha value is -8.76. The Morgan fingerprint density at radius 1 is 0.309 bits per heavy atom. The van der Waals surface area contributed by atoms with E-state index in [0.717, 1.165) is 45.1 Å². The first kappa shape index (κ1) is 61.5. The van der Waals surface area contributed by atoms with Crippen LogP contribution >= 0.6 is 11.8 Å². The average molecular weight is 1110 g/mol. The molecule has 0 fully saturated rings. The van der Waals surface area contributed by atoms with Crippen molar-refractivity contribution < 1.29 is 22.7 Å². The number of carbonyl (C=O) groups excluding carboxylic acids is 2. The summed E-state index contributed by atoms with van der Waals surface area (Å²) in [6, 6.07) is 77.6. The highest BCUT2D eigenvalue weighted by molar-refractivity contribution is 7.99. The number of aryl methyl sites for hydroxylation is 10. The van der Waals surface area contributed by atoms with Crippen LogP contribution in [0.1, 0.15) is 71.6 Å². The number of urea groups is 1. The molecule has 0 unspecified atom stereocenters. The van der Waals surface area contributed by atoms with Crippen LogP contribution in [0, 0.1) is 69.2 Å². The maximum atomic E-state index is 12.3. The van der Waals surface area contributed by atoms with E-state index in [1.807, 2.05) is 187 Å². The number of carbonyl (C=O) groups is 2. The summed E-state index contributed by atoms with van der Waals surface area (Å²) in [4.78, 5) is 27.1. The number of amides is 2. The summed E-state index contributed by atoms with van der Waals surface area (Å²) in [5.41, 5.74) is 14.9. The highest BCUT2D eigenvalue weighted by Crippen LogP contribution is 2.28. The summed E-state index contributed by atoms with van der Waals surface area (Å²) in [5.74, 6) is 1.84. The summed E-state index contributed by atoms with van der Waals surface area (Å²) < 4.78 is 30.2. The Kier molecular flexibility index (Phi) is 23.2. The van der Waals surface area contributed by atoms with Gasteiger partial charge in [0.05, 0.1) is 9.79 Å². The molecule has 7 nitrogen and oxygen atoms in total. The first-order valence-corrected chi connectivity index (χ1v) is 29.0. The molecule has 0 aliphatic carbocycles. The van der Waals surface area contributed by atoms with Gasteiger partial charge in [-0.2, -0.15) is 0 Å². The van der Waals surface area contributed by atoms with Crippen LogP contribution in [0.2, 0.25) is 0 Å². The Bertz CT molecular complexity index is 3320. The molecule has 0 aliphatic rings. The molecule has 0 bridgehead atoms. The van der Waals surface area contributed by atoms with E-state index in [-0.39, 0.29) is 11.8 Å². The molecule has 0 heterocycles. The van der Waals surface area contributed by atoms with Crippen molar-refractivity contribution in [3.63, 3.8) is 0 Å². The molecule has 2 N–H and O–H groups in total. The van der Waals surface area contributed by atoms with Gasteiger partial charge in [0.15, 0.2) is 5.78 Å². The zero-order chi connectivity index (χ0) is 58.3. The second kappa shape index (κ2) is 30.6. The lowest BCUT2D eigenvalue weighted by Crippen LogP contribution is -2.19. The first-order valence-electron chi connectivity index (χ1n) is 26.7. The quantitative estimate of drug-likeness (QED) is 0.132. The number of sulfone groups is 1. The number of ether oxygens (including phenoxy) is 1. The van der Waals surface area contributed by atoms with Crippen molar-refractivity contribution in [1.82, 2.24) is 0 Å². The molecule has 0 saturated carbocycles. The van der Waals surface area contributed by atoms with Gasteiger partial charge in [0.2, 0.25) is 9.84 Å². The van der Waals surface area contributed by atoms with E-state index in [4.69, 9.17) is 4.74 Å². The molecular formula is C72H72N2O5S2. The van der Waals surface area contributed by atoms with Gasteiger partial charge >= 0.3 is 6.03 Å². The van der Waals surface area contributed by atoms with E-state index in [9.17, 15) is 18.0 Å². The Balaban J connectivity index is 0.000000163. The van der Waals surface area contributed by atoms with Crippen molar-refractivity contribution in [2.75, 3.05) is 10.6 Å². The summed E-state index contributed by atoms with van der Waals surface area (Å²) in [5, 5.41) is 5.56. The zero-order valence-corrected chi connectivity index (χ0v) is 49.6. The maximum absolute atomic E-state index is 12.3. The summed E-state index contributed by atoms with van der Waals surface area (Å²) in [7, 11) is -3.37. The predicted molar refractivity (Wildman–Crippen MR) is 338 cm³/mol. The topological polar surface area (TPSA) is 102 Å².